The van der Waals surface area contributed by atoms with Gasteiger partial charge in [0.05, 0.1) is 12.8 Å². The summed E-state index contributed by atoms with van der Waals surface area (Å²) in [7, 11) is 0. The zero-order chi connectivity index (χ0) is 28.8. The minimum atomic E-state index is -0.710. The van der Waals surface area contributed by atoms with Crippen LogP contribution in [0, 0.1) is 11.7 Å². The molecule has 3 aromatic carbocycles. The fourth-order valence-corrected chi connectivity index (χ4v) is 8.18. The number of hydrogen-bond acceptors (Lipinski definition) is 6. The van der Waals surface area contributed by atoms with E-state index in [1.54, 1.807) is 12.1 Å². The predicted octanol–water partition coefficient (Wildman–Crippen LogP) is 3.78. The third-order valence-corrected chi connectivity index (χ3v) is 10.3. The molecule has 0 bridgehead atoms. The second-order valence-electron chi connectivity index (χ2n) is 12.8. The topological polar surface area (TPSA) is 70.5 Å². The molecule has 3 saturated heterocycles. The van der Waals surface area contributed by atoms with Crippen LogP contribution in [0.3, 0.4) is 0 Å². The molecule has 0 aromatic heterocycles. The average molecular weight is 573 g/mol. The van der Waals surface area contributed by atoms with Crippen molar-refractivity contribution >= 4 is 22.4 Å². The number of benzene rings is 3. The number of rotatable bonds is 7. The molecule has 3 aliphatic heterocycles. The fourth-order valence-electron chi connectivity index (χ4n) is 8.18. The van der Waals surface area contributed by atoms with E-state index < -0.39 is 11.6 Å². The second-order valence-corrected chi connectivity index (χ2v) is 12.8. The van der Waals surface area contributed by atoms with E-state index in [1.165, 1.54) is 34.0 Å². The molecule has 3 aromatic rings. The lowest BCUT2D eigenvalue weighted by atomic mass is 9.84. The van der Waals surface area contributed by atoms with E-state index in [2.05, 4.69) is 51.1 Å². The summed E-state index contributed by atoms with van der Waals surface area (Å²) in [6.07, 6.45) is 3.72. The van der Waals surface area contributed by atoms with Gasteiger partial charge in [-0.15, -0.1) is 0 Å². The van der Waals surface area contributed by atoms with Gasteiger partial charge in [-0.25, -0.2) is 4.39 Å². The summed E-state index contributed by atoms with van der Waals surface area (Å²) < 4.78 is 13.9. The lowest BCUT2D eigenvalue weighted by Crippen LogP contribution is -2.57. The molecule has 0 radical (unpaired) electrons. The van der Waals surface area contributed by atoms with Crippen LogP contribution in [-0.2, 0) is 11.2 Å². The van der Waals surface area contributed by atoms with Crippen LogP contribution in [0.15, 0.2) is 60.7 Å². The van der Waals surface area contributed by atoms with Gasteiger partial charge in [-0.1, -0.05) is 36.4 Å². The highest BCUT2D eigenvalue weighted by Crippen LogP contribution is 2.45. The monoisotopic (exact) mass is 572 g/mol. The molecular weight excluding hydrogens is 531 g/mol. The first-order valence-corrected chi connectivity index (χ1v) is 15.5. The molecular formula is C34H41FN4O3. The summed E-state index contributed by atoms with van der Waals surface area (Å²) in [6, 6.07) is 19.9. The van der Waals surface area contributed by atoms with Crippen molar-refractivity contribution in [2.24, 2.45) is 5.92 Å². The molecule has 2 N–H and O–H groups in total. The van der Waals surface area contributed by atoms with Gasteiger partial charge in [-0.3, -0.25) is 9.69 Å². The van der Waals surface area contributed by atoms with E-state index >= 15 is 0 Å². The Morgan fingerprint density at radius 1 is 0.976 bits per heavy atom. The summed E-state index contributed by atoms with van der Waals surface area (Å²) in [4.78, 5) is 23.0. The van der Waals surface area contributed by atoms with E-state index in [4.69, 9.17) is 0 Å². The maximum Gasteiger partial charge on any atom is 0.250 e. The first kappa shape index (κ1) is 27.8. The third kappa shape index (κ3) is 4.88. The summed E-state index contributed by atoms with van der Waals surface area (Å²) in [5, 5.41) is 23.4. The number of hydrogen-bond donors (Lipinski definition) is 2. The number of piperidine rings is 2. The van der Waals surface area contributed by atoms with E-state index in [1.807, 2.05) is 4.90 Å². The smallest absolute Gasteiger partial charge is 0.250 e. The standard InChI is InChI=1S/C34H41FN4O3/c35-27-9-11-28(12-10-27)39-23-38(21-29(41)20-36-15-3-4-24(19-36)22-40)33(42)34(39)13-16-37(17-14-34)31-18-26-7-1-5-25-6-2-8-30(31)32(25)26/h1-2,5-12,24,29,31,40-41H,3-4,13-23H2/t24-,29-,31?/m1/s1. The van der Waals surface area contributed by atoms with Gasteiger partial charge >= 0.3 is 0 Å². The molecule has 42 heavy (non-hydrogen) atoms. The van der Waals surface area contributed by atoms with Crippen molar-refractivity contribution < 1.29 is 19.4 Å². The van der Waals surface area contributed by atoms with Gasteiger partial charge < -0.3 is 24.9 Å². The number of carbonyl (C=O) groups excluding carboxylic acids is 1. The molecule has 0 saturated carbocycles. The van der Waals surface area contributed by atoms with Gasteiger partial charge in [0, 0.05) is 51.1 Å². The Labute approximate surface area is 247 Å². The highest BCUT2D eigenvalue weighted by Gasteiger charge is 2.54. The number of aliphatic hydroxyl groups is 2. The summed E-state index contributed by atoms with van der Waals surface area (Å²) in [5.41, 5.74) is 2.92. The molecule has 1 unspecified atom stereocenters. The molecule has 8 heteroatoms. The highest BCUT2D eigenvalue weighted by atomic mass is 19.1. The van der Waals surface area contributed by atoms with Crippen LogP contribution in [0.25, 0.3) is 10.8 Å². The summed E-state index contributed by atoms with van der Waals surface area (Å²) >= 11 is 0. The third-order valence-electron chi connectivity index (χ3n) is 10.3. The van der Waals surface area contributed by atoms with Gasteiger partial charge in [0.25, 0.3) is 0 Å². The van der Waals surface area contributed by atoms with Crippen LogP contribution in [-0.4, -0.2) is 95.0 Å². The fraction of sp³-hybridized carbons (Fsp3) is 0.500. The first-order chi connectivity index (χ1) is 20.4. The van der Waals surface area contributed by atoms with Crippen molar-refractivity contribution in [3.63, 3.8) is 0 Å². The Kier molecular flexibility index (Phi) is 7.42. The van der Waals surface area contributed by atoms with E-state index in [-0.39, 0.29) is 30.8 Å². The Morgan fingerprint density at radius 2 is 1.74 bits per heavy atom. The maximum atomic E-state index is 14.3. The number of aliphatic hydroxyl groups excluding tert-OH is 2. The largest absolute Gasteiger partial charge is 0.396 e. The molecule has 1 aliphatic carbocycles. The van der Waals surface area contributed by atoms with Crippen LogP contribution in [0.2, 0.25) is 0 Å². The Morgan fingerprint density at radius 3 is 2.50 bits per heavy atom. The van der Waals surface area contributed by atoms with Gasteiger partial charge in [0.1, 0.15) is 11.4 Å². The molecule has 4 aliphatic rings. The SMILES string of the molecule is O=C1N(C[C@H](O)CN2CCC[C@@H](CO)C2)CN(c2ccc(F)cc2)C12CCN(C1Cc3cccc4cccc1c34)CC2. The van der Waals surface area contributed by atoms with Crippen LogP contribution in [0.5, 0.6) is 0 Å². The molecule has 7 nitrogen and oxygen atoms in total. The molecule has 222 valence electrons. The maximum absolute atomic E-state index is 14.3. The number of β-amino-alcohol motifs (C(OH)–C–C–N with tert-alkyl or cyclic N) is 1. The molecule has 3 heterocycles. The van der Waals surface area contributed by atoms with Gasteiger partial charge in [0.15, 0.2) is 0 Å². The number of anilines is 1. The first-order valence-electron chi connectivity index (χ1n) is 15.5. The summed E-state index contributed by atoms with van der Waals surface area (Å²) in [6.45, 7) is 4.59. The lowest BCUT2D eigenvalue weighted by molar-refractivity contribution is -0.135. The molecule has 7 rings (SSSR count). The number of amides is 1. The van der Waals surface area contributed by atoms with Crippen molar-refractivity contribution in [2.75, 3.05) is 57.4 Å². The van der Waals surface area contributed by atoms with E-state index in [9.17, 15) is 19.4 Å². The number of carbonyl (C=O) groups is 1. The van der Waals surface area contributed by atoms with Crippen LogP contribution < -0.4 is 4.90 Å². The minimum absolute atomic E-state index is 0.0641. The van der Waals surface area contributed by atoms with Gasteiger partial charge in [-0.05, 0) is 90.7 Å². The zero-order valence-electron chi connectivity index (χ0n) is 24.2. The highest BCUT2D eigenvalue weighted by molar-refractivity contribution is 5.94. The molecule has 1 amide bonds. The second kappa shape index (κ2) is 11.2. The lowest BCUT2D eigenvalue weighted by Gasteiger charge is -2.45. The number of nitrogens with zero attached hydrogens (tertiary/aromatic N) is 4. The minimum Gasteiger partial charge on any atom is -0.396 e. The summed E-state index contributed by atoms with van der Waals surface area (Å²) in [5.74, 6) is 0.0220. The molecule has 3 atom stereocenters. The Balaban J connectivity index is 1.09. The van der Waals surface area contributed by atoms with Gasteiger partial charge in [-0.2, -0.15) is 0 Å². The van der Waals surface area contributed by atoms with Crippen LogP contribution in [0.4, 0.5) is 10.1 Å². The average Bonchev–Trinajstić information content (AvgIpc) is 3.51. The van der Waals surface area contributed by atoms with Crippen molar-refractivity contribution in [3.8, 4) is 0 Å². The van der Waals surface area contributed by atoms with Crippen LogP contribution >= 0.6 is 0 Å². The predicted molar refractivity (Wildman–Crippen MR) is 162 cm³/mol. The number of halogens is 1. The number of likely N-dealkylation sites (tertiary alicyclic amines) is 2. The van der Waals surface area contributed by atoms with Gasteiger partial charge in [0.2, 0.25) is 5.91 Å². The van der Waals surface area contributed by atoms with Crippen molar-refractivity contribution in [1.82, 2.24) is 14.7 Å². The van der Waals surface area contributed by atoms with E-state index in [0.717, 1.165) is 51.1 Å². The Bertz CT molecular complexity index is 1440. The van der Waals surface area contributed by atoms with Crippen molar-refractivity contribution in [1.29, 1.82) is 0 Å². The Hall–Kier alpha value is -3.04. The van der Waals surface area contributed by atoms with E-state index in [0.29, 0.717) is 32.1 Å². The van der Waals surface area contributed by atoms with Crippen molar-refractivity contribution in [2.45, 2.75) is 49.8 Å². The van der Waals surface area contributed by atoms with Crippen LogP contribution in [0.1, 0.15) is 42.9 Å². The quantitative estimate of drug-likeness (QED) is 0.449. The van der Waals surface area contributed by atoms with Crippen molar-refractivity contribution in [3.05, 3.63) is 77.6 Å². The molecule has 1 spiro atoms. The normalized spacial score (nSPS) is 25.2. The zero-order valence-corrected chi connectivity index (χ0v) is 24.2. The molecule has 3 fully saturated rings.